The quantitative estimate of drug-likeness (QED) is 0.203. The number of carbonyl (C=O) groups is 3. The second-order valence-corrected chi connectivity index (χ2v) is 13.0. The second-order valence-electron chi connectivity index (χ2n) is 10.4. The van der Waals surface area contributed by atoms with Gasteiger partial charge in [-0.2, -0.15) is 4.98 Å². The van der Waals surface area contributed by atoms with E-state index in [1.165, 1.54) is 27.5 Å². The third kappa shape index (κ3) is 8.20. The van der Waals surface area contributed by atoms with Gasteiger partial charge in [0.25, 0.3) is 5.56 Å². The van der Waals surface area contributed by atoms with E-state index in [1.54, 1.807) is 45.0 Å². The molecule has 15 heteroatoms. The highest BCUT2D eigenvalue weighted by Crippen LogP contribution is 2.47. The van der Waals surface area contributed by atoms with Crippen LogP contribution in [-0.4, -0.2) is 65.3 Å². The number of anilines is 2. The van der Waals surface area contributed by atoms with Crippen LogP contribution in [0.3, 0.4) is 0 Å². The van der Waals surface area contributed by atoms with E-state index in [1.807, 2.05) is 0 Å². The van der Waals surface area contributed by atoms with Crippen LogP contribution in [0, 0.1) is 11.3 Å². The van der Waals surface area contributed by atoms with E-state index in [-0.39, 0.29) is 48.6 Å². The molecule has 42 heavy (non-hydrogen) atoms. The van der Waals surface area contributed by atoms with E-state index in [4.69, 9.17) is 9.26 Å². The van der Waals surface area contributed by atoms with Crippen LogP contribution in [0.1, 0.15) is 39.3 Å². The Hall–Kier alpha value is -4.16. The summed E-state index contributed by atoms with van der Waals surface area (Å²) in [5, 5.41) is 6.11. The Kier molecular flexibility index (Phi) is 10.5. The summed E-state index contributed by atoms with van der Waals surface area (Å²) < 4.78 is 28.5. The van der Waals surface area contributed by atoms with E-state index in [9.17, 15) is 23.7 Å². The average molecular weight is 603 g/mol. The first kappa shape index (κ1) is 32.4. The highest BCUT2D eigenvalue weighted by atomic mass is 31.2. The van der Waals surface area contributed by atoms with Crippen LogP contribution in [0.5, 0.6) is 0 Å². The molecule has 2 unspecified atom stereocenters. The van der Waals surface area contributed by atoms with Crippen molar-refractivity contribution in [1.29, 1.82) is 0 Å². The number of hydrogen-bond donors (Lipinski definition) is 3. The Morgan fingerprint density at radius 1 is 1.05 bits per heavy atom. The Morgan fingerprint density at radius 2 is 1.74 bits per heavy atom. The molecule has 3 rings (SSSR count). The van der Waals surface area contributed by atoms with Gasteiger partial charge in [0.2, 0.25) is 19.2 Å². The molecular weight excluding hydrogens is 567 g/mol. The maximum absolute atomic E-state index is 13.7. The van der Waals surface area contributed by atoms with Crippen LogP contribution in [0.25, 0.3) is 11.2 Å². The fraction of sp³-hybridized carbons (Fsp3) is 0.444. The predicted octanol–water partition coefficient (Wildman–Crippen LogP) is 2.60. The third-order valence-electron chi connectivity index (χ3n) is 6.33. The molecule has 0 saturated heterocycles. The number of H-pyrrole nitrogens is 1. The summed E-state index contributed by atoms with van der Waals surface area (Å²) in [7, 11) is 0.309. The lowest BCUT2D eigenvalue weighted by molar-refractivity contribution is -0.146. The van der Waals surface area contributed by atoms with Gasteiger partial charge in [0.15, 0.2) is 11.2 Å². The predicted molar refractivity (Wildman–Crippen MR) is 156 cm³/mol. The van der Waals surface area contributed by atoms with Crippen molar-refractivity contribution in [2.24, 2.45) is 11.3 Å². The molecule has 0 saturated carbocycles. The number of hydrogen-bond acceptors (Lipinski definition) is 12. The van der Waals surface area contributed by atoms with Crippen LogP contribution in [0.2, 0.25) is 0 Å². The van der Waals surface area contributed by atoms with E-state index in [0.29, 0.717) is 16.7 Å². The SMILES string of the molecule is COC(=O)CCC(CP(=O)(OC)c1ccc(NCc2cnc3nc(NC(=O)C(C)(C)C)[nH]c(=O)c3n2)cc1)C(=O)OC. The first-order chi connectivity index (χ1) is 19.8. The monoisotopic (exact) mass is 602 g/mol. The van der Waals surface area contributed by atoms with Crippen LogP contribution >= 0.6 is 7.37 Å². The largest absolute Gasteiger partial charge is 0.469 e. The number of esters is 2. The van der Waals surface area contributed by atoms with E-state index in [0.717, 1.165) is 0 Å². The standard InChI is InChI=1S/C27H35N6O8P/c1-27(2,3)25(37)33-26-31-22-21(23(35)32-26)30-18(14-29-22)13-28-17-8-10-19(11-9-17)42(38,41-6)15-16(24(36)40-5)7-12-20(34)39-4/h8-11,14,16,28H,7,12-13,15H2,1-6H3,(H2,29,31,32,33,35,37). The van der Waals surface area contributed by atoms with Crippen molar-refractivity contribution < 1.29 is 32.9 Å². The number of ether oxygens (including phenoxy) is 2. The molecule has 0 fully saturated rings. The first-order valence-corrected chi connectivity index (χ1v) is 14.8. The van der Waals surface area contributed by atoms with E-state index in [2.05, 4.69) is 35.3 Å². The smallest absolute Gasteiger partial charge is 0.309 e. The zero-order valence-corrected chi connectivity index (χ0v) is 25.2. The molecule has 0 spiro atoms. The van der Waals surface area contributed by atoms with E-state index < -0.39 is 36.2 Å². The van der Waals surface area contributed by atoms with Crippen molar-refractivity contribution >= 4 is 53.3 Å². The molecule has 0 aliphatic carbocycles. The minimum Gasteiger partial charge on any atom is -0.469 e. The zero-order chi connectivity index (χ0) is 31.1. The minimum absolute atomic E-state index is 0.0117. The lowest BCUT2D eigenvalue weighted by Crippen LogP contribution is -2.29. The summed E-state index contributed by atoms with van der Waals surface area (Å²) in [6, 6.07) is 6.62. The summed E-state index contributed by atoms with van der Waals surface area (Å²) in [6.07, 6.45) is 1.39. The normalized spacial score (nSPS) is 13.6. The van der Waals surface area contributed by atoms with Gasteiger partial charge in [0, 0.05) is 36.1 Å². The molecule has 14 nitrogen and oxygen atoms in total. The maximum atomic E-state index is 13.7. The first-order valence-electron chi connectivity index (χ1n) is 13.0. The fourth-order valence-electron chi connectivity index (χ4n) is 3.81. The minimum atomic E-state index is -3.47. The summed E-state index contributed by atoms with van der Waals surface area (Å²) in [6.45, 7) is 5.42. The van der Waals surface area contributed by atoms with Crippen LogP contribution in [0.15, 0.2) is 35.3 Å². The Balaban J connectivity index is 1.71. The number of carbonyl (C=O) groups excluding carboxylic acids is 3. The highest BCUT2D eigenvalue weighted by molar-refractivity contribution is 7.67. The van der Waals surface area contributed by atoms with Crippen molar-refractivity contribution in [2.45, 2.75) is 40.2 Å². The lowest BCUT2D eigenvalue weighted by Gasteiger charge is -2.22. The number of benzene rings is 1. The van der Waals surface area contributed by atoms with Gasteiger partial charge in [-0.3, -0.25) is 34.0 Å². The molecule has 0 radical (unpaired) electrons. The molecule has 1 aromatic carbocycles. The number of amides is 1. The van der Waals surface area contributed by atoms with Crippen LogP contribution in [0.4, 0.5) is 11.6 Å². The van der Waals surface area contributed by atoms with Crippen molar-refractivity contribution in [3.63, 3.8) is 0 Å². The van der Waals surface area contributed by atoms with Crippen molar-refractivity contribution in [3.05, 3.63) is 46.5 Å². The number of fused-ring (bicyclic) bond motifs is 1. The molecule has 3 aromatic rings. The zero-order valence-electron chi connectivity index (χ0n) is 24.3. The van der Waals surface area contributed by atoms with Gasteiger partial charge in [-0.25, -0.2) is 9.97 Å². The van der Waals surface area contributed by atoms with Crippen molar-refractivity contribution in [1.82, 2.24) is 19.9 Å². The van der Waals surface area contributed by atoms with Gasteiger partial charge in [0.05, 0.1) is 38.6 Å². The highest BCUT2D eigenvalue weighted by Gasteiger charge is 2.33. The van der Waals surface area contributed by atoms with Gasteiger partial charge in [-0.15, -0.1) is 0 Å². The molecule has 0 aliphatic heterocycles. The average Bonchev–Trinajstić information content (AvgIpc) is 2.97. The number of aromatic amines is 1. The Labute approximate surface area is 242 Å². The van der Waals surface area contributed by atoms with Crippen molar-refractivity contribution in [3.8, 4) is 0 Å². The van der Waals surface area contributed by atoms with Gasteiger partial charge in [-0.1, -0.05) is 20.8 Å². The summed E-state index contributed by atoms with van der Waals surface area (Å²) >= 11 is 0. The topological polar surface area (TPSA) is 192 Å². The van der Waals surface area contributed by atoms with Gasteiger partial charge in [-0.05, 0) is 30.7 Å². The maximum Gasteiger partial charge on any atom is 0.309 e. The molecule has 2 aromatic heterocycles. The number of methoxy groups -OCH3 is 2. The third-order valence-corrected chi connectivity index (χ3v) is 8.93. The molecular formula is C27H35N6O8P. The lowest BCUT2D eigenvalue weighted by atomic mass is 9.96. The van der Waals surface area contributed by atoms with Gasteiger partial charge >= 0.3 is 11.9 Å². The van der Waals surface area contributed by atoms with Crippen LogP contribution < -0.4 is 21.5 Å². The van der Waals surface area contributed by atoms with Gasteiger partial charge in [0.1, 0.15) is 0 Å². The number of aromatic nitrogens is 4. The molecule has 3 N–H and O–H groups in total. The summed E-state index contributed by atoms with van der Waals surface area (Å²) in [5.74, 6) is -2.23. The molecule has 2 heterocycles. The van der Waals surface area contributed by atoms with Crippen molar-refractivity contribution in [2.75, 3.05) is 38.1 Å². The molecule has 2 atom stereocenters. The second kappa shape index (κ2) is 13.7. The fourth-order valence-corrected chi connectivity index (χ4v) is 5.90. The van der Waals surface area contributed by atoms with Gasteiger partial charge < -0.3 is 19.3 Å². The molecule has 0 aliphatic rings. The molecule has 1 amide bonds. The number of nitrogens with zero attached hydrogens (tertiary/aromatic N) is 3. The summed E-state index contributed by atoms with van der Waals surface area (Å²) in [5.41, 5.74) is 0.000270. The Bertz CT molecular complexity index is 1550. The molecule has 0 bridgehead atoms. The molecule has 226 valence electrons. The number of rotatable bonds is 12. The van der Waals surface area contributed by atoms with Crippen LogP contribution in [-0.2, 0) is 39.5 Å². The van der Waals surface area contributed by atoms with E-state index >= 15 is 0 Å². The Morgan fingerprint density at radius 3 is 2.33 bits per heavy atom. The summed E-state index contributed by atoms with van der Waals surface area (Å²) in [4.78, 5) is 63.9. The number of nitrogens with one attached hydrogen (secondary N) is 3.